The fraction of sp³-hybridized carbons (Fsp3) is 0.375. The van der Waals surface area contributed by atoms with E-state index in [2.05, 4.69) is 0 Å². The van der Waals surface area contributed by atoms with Gasteiger partial charge in [0.15, 0.2) is 0 Å². The van der Waals surface area contributed by atoms with Crippen molar-refractivity contribution in [1.29, 1.82) is 0 Å². The Labute approximate surface area is 203 Å². The molecule has 0 unspecified atom stereocenters. The summed E-state index contributed by atoms with van der Waals surface area (Å²) in [5, 5.41) is 1.44. The summed E-state index contributed by atoms with van der Waals surface area (Å²) < 4.78 is 34.7. The van der Waals surface area contributed by atoms with Crippen molar-refractivity contribution in [1.82, 2.24) is 4.90 Å². The van der Waals surface area contributed by atoms with Gasteiger partial charge in [-0.2, -0.15) is 0 Å². The highest BCUT2D eigenvalue weighted by molar-refractivity contribution is 7.95. The van der Waals surface area contributed by atoms with E-state index in [9.17, 15) is 13.2 Å². The van der Waals surface area contributed by atoms with Crippen LogP contribution in [0.3, 0.4) is 0 Å². The van der Waals surface area contributed by atoms with Crippen molar-refractivity contribution >= 4 is 54.8 Å². The second-order valence-electron chi connectivity index (χ2n) is 9.30. The number of benzene rings is 2. The molecule has 1 aliphatic rings. The van der Waals surface area contributed by atoms with Crippen LogP contribution in [0.1, 0.15) is 37.8 Å². The molecule has 9 heteroatoms. The third-order valence-electron chi connectivity index (χ3n) is 5.71. The third kappa shape index (κ3) is 4.69. The predicted molar refractivity (Wildman–Crippen MR) is 134 cm³/mol. The van der Waals surface area contributed by atoms with Gasteiger partial charge in [-0.05, 0) is 74.5 Å². The minimum Gasteiger partial charge on any atom is -0.444 e. The smallest absolute Gasteiger partial charge is 0.410 e. The average molecular weight is 507 g/mol. The van der Waals surface area contributed by atoms with E-state index in [1.807, 2.05) is 58.0 Å². The summed E-state index contributed by atoms with van der Waals surface area (Å²) >= 11 is 7.35. The lowest BCUT2D eigenvalue weighted by atomic mass is 9.92. The van der Waals surface area contributed by atoms with Crippen LogP contribution in [0.25, 0.3) is 10.1 Å². The highest BCUT2D eigenvalue weighted by atomic mass is 35.5. The van der Waals surface area contributed by atoms with Gasteiger partial charge in [-0.25, -0.2) is 13.2 Å². The third-order valence-corrected chi connectivity index (χ3v) is 9.60. The highest BCUT2D eigenvalue weighted by Crippen LogP contribution is 2.38. The summed E-state index contributed by atoms with van der Waals surface area (Å²) in [4.78, 5) is 13.8. The molecule has 1 aromatic heterocycles. The molecule has 1 saturated heterocycles. The normalized spacial score (nSPS) is 14.9. The lowest BCUT2D eigenvalue weighted by molar-refractivity contribution is 0.00819. The maximum absolute atomic E-state index is 13.4. The van der Waals surface area contributed by atoms with Crippen LogP contribution in [0.15, 0.2) is 46.7 Å². The van der Waals surface area contributed by atoms with Crippen LogP contribution < -0.4 is 4.31 Å². The molecule has 176 valence electrons. The summed E-state index contributed by atoms with van der Waals surface area (Å²) in [5.41, 5.74) is 1.84. The number of amides is 1. The van der Waals surface area contributed by atoms with Crippen molar-refractivity contribution in [2.24, 2.45) is 0 Å². The molecular weight excluding hydrogens is 480 g/mol. The molecular formula is C24H27ClN2O4S2. The van der Waals surface area contributed by atoms with E-state index in [1.54, 1.807) is 24.1 Å². The zero-order valence-electron chi connectivity index (χ0n) is 19.3. The number of carbonyl (C=O) groups excluding carboxylic acids is 1. The molecule has 1 amide bonds. The van der Waals surface area contributed by atoms with Gasteiger partial charge in [-0.3, -0.25) is 4.31 Å². The standard InChI is InChI=1S/C24H27ClN2O4S2/c1-15-20-12-18(25)8-11-21(20)32-22(15)33(29,30)26(5)19-9-6-16(7-10-19)17-13-27(14-17)23(28)31-24(2,3)4/h6-12,17H,13-14H2,1-5H3. The first-order chi connectivity index (χ1) is 15.4. The van der Waals surface area contributed by atoms with Gasteiger partial charge in [0.2, 0.25) is 0 Å². The first kappa shape index (κ1) is 23.9. The molecule has 2 aromatic carbocycles. The predicted octanol–water partition coefficient (Wildman–Crippen LogP) is 6.02. The molecule has 0 spiro atoms. The van der Waals surface area contributed by atoms with Gasteiger partial charge >= 0.3 is 6.09 Å². The van der Waals surface area contributed by atoms with Gasteiger partial charge < -0.3 is 9.64 Å². The summed E-state index contributed by atoms with van der Waals surface area (Å²) in [6.45, 7) is 8.53. The van der Waals surface area contributed by atoms with Gasteiger partial charge in [0.25, 0.3) is 10.0 Å². The number of hydrogen-bond acceptors (Lipinski definition) is 5. The number of ether oxygens (including phenoxy) is 1. The van der Waals surface area contributed by atoms with Gasteiger partial charge in [-0.15, -0.1) is 11.3 Å². The molecule has 1 aliphatic heterocycles. The number of sulfonamides is 1. The van der Waals surface area contributed by atoms with Crippen molar-refractivity contribution in [2.45, 2.75) is 43.4 Å². The van der Waals surface area contributed by atoms with Crippen LogP contribution in [0.4, 0.5) is 10.5 Å². The van der Waals surface area contributed by atoms with Crippen LogP contribution in [-0.4, -0.2) is 45.1 Å². The first-order valence-electron chi connectivity index (χ1n) is 10.6. The first-order valence-corrected chi connectivity index (χ1v) is 13.3. The van der Waals surface area contributed by atoms with Crippen LogP contribution >= 0.6 is 22.9 Å². The molecule has 0 N–H and O–H groups in total. The van der Waals surface area contributed by atoms with E-state index < -0.39 is 15.6 Å². The topological polar surface area (TPSA) is 66.9 Å². The molecule has 0 bridgehead atoms. The van der Waals surface area contributed by atoms with Crippen molar-refractivity contribution in [2.75, 3.05) is 24.4 Å². The summed E-state index contributed by atoms with van der Waals surface area (Å²) in [6.07, 6.45) is -0.304. The lowest BCUT2D eigenvalue weighted by Gasteiger charge is -2.40. The number of carbonyl (C=O) groups is 1. The fourth-order valence-corrected chi connectivity index (χ4v) is 7.07. The number of aryl methyl sites for hydroxylation is 1. The average Bonchev–Trinajstić information content (AvgIpc) is 3.02. The number of hydrogen-bond donors (Lipinski definition) is 0. The molecule has 0 saturated carbocycles. The van der Waals surface area contributed by atoms with E-state index in [-0.39, 0.29) is 12.0 Å². The van der Waals surface area contributed by atoms with Gasteiger partial charge in [0.05, 0.1) is 5.69 Å². The Morgan fingerprint density at radius 1 is 1.15 bits per heavy atom. The molecule has 0 aliphatic carbocycles. The van der Waals surface area contributed by atoms with Crippen LogP contribution in [0.2, 0.25) is 5.02 Å². The number of rotatable bonds is 4. The van der Waals surface area contributed by atoms with E-state index >= 15 is 0 Å². The Balaban J connectivity index is 1.48. The van der Waals surface area contributed by atoms with Crippen molar-refractivity contribution in [3.05, 3.63) is 58.6 Å². The number of nitrogens with zero attached hydrogens (tertiary/aromatic N) is 2. The summed E-state index contributed by atoms with van der Waals surface area (Å²) in [7, 11) is -2.16. The summed E-state index contributed by atoms with van der Waals surface area (Å²) in [5.74, 6) is 0.211. The van der Waals surface area contributed by atoms with E-state index in [0.717, 1.165) is 15.6 Å². The van der Waals surface area contributed by atoms with E-state index in [4.69, 9.17) is 16.3 Å². The van der Waals surface area contributed by atoms with Crippen LogP contribution in [0.5, 0.6) is 0 Å². The molecule has 0 radical (unpaired) electrons. The zero-order chi connectivity index (χ0) is 24.1. The Hall–Kier alpha value is -2.29. The van der Waals surface area contributed by atoms with Gasteiger partial charge in [0, 0.05) is 35.8 Å². The van der Waals surface area contributed by atoms with Crippen molar-refractivity contribution < 1.29 is 17.9 Å². The number of likely N-dealkylation sites (tertiary alicyclic amines) is 1. The highest BCUT2D eigenvalue weighted by Gasteiger charge is 2.34. The quantitative estimate of drug-likeness (QED) is 0.433. The molecule has 3 aromatic rings. The fourth-order valence-electron chi connectivity index (χ4n) is 3.80. The monoisotopic (exact) mass is 506 g/mol. The number of thiophene rings is 1. The van der Waals surface area contributed by atoms with E-state index in [0.29, 0.717) is 33.6 Å². The Bertz CT molecular complexity index is 1300. The number of anilines is 1. The van der Waals surface area contributed by atoms with E-state index in [1.165, 1.54) is 15.6 Å². The molecule has 6 nitrogen and oxygen atoms in total. The molecule has 33 heavy (non-hydrogen) atoms. The maximum atomic E-state index is 13.4. The number of fused-ring (bicyclic) bond motifs is 1. The second-order valence-corrected chi connectivity index (χ2v) is 13.0. The Morgan fingerprint density at radius 3 is 2.39 bits per heavy atom. The molecule has 2 heterocycles. The lowest BCUT2D eigenvalue weighted by Crippen LogP contribution is -2.50. The SMILES string of the molecule is Cc1c(S(=O)(=O)N(C)c2ccc(C3CN(C(=O)OC(C)(C)C)C3)cc2)sc2ccc(Cl)cc12. The maximum Gasteiger partial charge on any atom is 0.410 e. The largest absolute Gasteiger partial charge is 0.444 e. The second kappa shape index (κ2) is 8.49. The van der Waals surface area contributed by atoms with Gasteiger partial charge in [-0.1, -0.05) is 23.7 Å². The zero-order valence-corrected chi connectivity index (χ0v) is 21.6. The number of halogens is 1. The molecule has 0 atom stereocenters. The van der Waals surface area contributed by atoms with Crippen molar-refractivity contribution in [3.63, 3.8) is 0 Å². The van der Waals surface area contributed by atoms with Crippen LogP contribution in [-0.2, 0) is 14.8 Å². The van der Waals surface area contributed by atoms with Gasteiger partial charge in [0.1, 0.15) is 9.81 Å². The Kier molecular flexibility index (Phi) is 6.14. The Morgan fingerprint density at radius 2 is 1.79 bits per heavy atom. The molecule has 4 rings (SSSR count). The van der Waals surface area contributed by atoms with Crippen LogP contribution in [0, 0.1) is 6.92 Å². The minimum absolute atomic E-state index is 0.211. The minimum atomic E-state index is -3.72. The molecule has 1 fully saturated rings. The summed E-state index contributed by atoms with van der Waals surface area (Å²) in [6, 6.07) is 12.9. The van der Waals surface area contributed by atoms with Crippen molar-refractivity contribution in [3.8, 4) is 0 Å².